The maximum absolute atomic E-state index is 2.64. The summed E-state index contributed by atoms with van der Waals surface area (Å²) in [6.45, 7) is 12.1. The summed E-state index contributed by atoms with van der Waals surface area (Å²) in [5.74, 6) is 1.04. The van der Waals surface area contributed by atoms with Crippen molar-refractivity contribution in [3.05, 3.63) is 105 Å². The zero-order valence-corrected chi connectivity index (χ0v) is 20.4. The third-order valence-corrected chi connectivity index (χ3v) is 10.4. The molecule has 0 saturated carbocycles. The van der Waals surface area contributed by atoms with Crippen LogP contribution < -0.4 is 0 Å². The third kappa shape index (κ3) is 2.21. The van der Waals surface area contributed by atoms with Crippen LogP contribution >= 0.6 is 11.8 Å². The van der Waals surface area contributed by atoms with Gasteiger partial charge < -0.3 is 0 Å². The van der Waals surface area contributed by atoms with Gasteiger partial charge in [0.2, 0.25) is 0 Å². The topological polar surface area (TPSA) is 0 Å². The van der Waals surface area contributed by atoms with Crippen LogP contribution in [-0.4, -0.2) is 5.25 Å². The van der Waals surface area contributed by atoms with Gasteiger partial charge in [0.15, 0.2) is 0 Å². The average molecular weight is 435 g/mol. The lowest BCUT2D eigenvalue weighted by Crippen LogP contribution is -2.22. The van der Waals surface area contributed by atoms with Crippen LogP contribution in [-0.2, 0) is 10.8 Å². The van der Waals surface area contributed by atoms with Crippen LogP contribution in [0.15, 0.2) is 82.3 Å². The minimum absolute atomic E-state index is 0.0867. The van der Waals surface area contributed by atoms with E-state index >= 15 is 0 Å². The predicted molar refractivity (Wildman–Crippen MR) is 137 cm³/mol. The first-order valence-corrected chi connectivity index (χ1v) is 12.9. The Hall–Kier alpha value is -2.25. The molecule has 0 amide bonds. The largest absolute Gasteiger partial charge is 0.116 e. The van der Waals surface area contributed by atoms with Crippen LogP contribution in [0.25, 0.3) is 5.57 Å². The fourth-order valence-corrected chi connectivity index (χ4v) is 8.79. The van der Waals surface area contributed by atoms with Gasteiger partial charge in [-0.05, 0) is 52.8 Å². The number of hydrogen-bond donors (Lipinski definition) is 0. The number of rotatable bonds is 0. The zero-order valence-electron chi connectivity index (χ0n) is 19.6. The summed E-state index contributed by atoms with van der Waals surface area (Å²) in [5.41, 5.74) is 14.2. The molecular formula is C31H30S. The first-order chi connectivity index (χ1) is 15.3. The molecule has 0 fully saturated rings. The van der Waals surface area contributed by atoms with E-state index in [1.165, 1.54) is 21.6 Å². The fraction of sp³-hybridized carbons (Fsp3) is 0.355. The highest BCUT2D eigenvalue weighted by Gasteiger charge is 2.51. The van der Waals surface area contributed by atoms with Gasteiger partial charge in [0.05, 0.1) is 0 Å². The van der Waals surface area contributed by atoms with Gasteiger partial charge in [-0.1, -0.05) is 99.1 Å². The molecule has 3 unspecified atom stereocenters. The molecule has 1 heteroatoms. The highest BCUT2D eigenvalue weighted by Crippen LogP contribution is 2.64. The molecule has 0 N–H and O–H groups in total. The van der Waals surface area contributed by atoms with Crippen molar-refractivity contribution in [2.45, 2.75) is 73.9 Å². The van der Waals surface area contributed by atoms with Crippen LogP contribution in [0.3, 0.4) is 0 Å². The molecule has 160 valence electrons. The van der Waals surface area contributed by atoms with E-state index in [0.717, 1.165) is 6.42 Å². The van der Waals surface area contributed by atoms with Crippen molar-refractivity contribution in [1.82, 2.24) is 0 Å². The summed E-state index contributed by atoms with van der Waals surface area (Å²) in [6, 6.07) is 14.3. The standard InChI is InChI=1S/C31H30S/c1-17-10-11-18-21-15-26-22(16-25(21)31(4,5)24(18)14-17)28-23(30(26,2)3)13-12-20-19-8-6-7-9-27(19)32-29(20)28/h6-10,12-16,18,28-29H,11H2,1-5H3. The van der Waals surface area contributed by atoms with Gasteiger partial charge in [0.25, 0.3) is 0 Å². The Morgan fingerprint density at radius 1 is 0.875 bits per heavy atom. The van der Waals surface area contributed by atoms with E-state index in [9.17, 15) is 0 Å². The lowest BCUT2D eigenvalue weighted by molar-refractivity contribution is 0.607. The molecule has 0 spiro atoms. The van der Waals surface area contributed by atoms with Crippen molar-refractivity contribution in [3.8, 4) is 0 Å². The summed E-state index contributed by atoms with van der Waals surface area (Å²) in [5, 5.41) is 0.501. The SMILES string of the molecule is CC1=CCC2C(=C1)C(C)(C)c1cc3c(cc12)C(C)(C)C1=CC=C2c4ccccc4SC2C13. The van der Waals surface area contributed by atoms with E-state index < -0.39 is 0 Å². The molecule has 2 aromatic carbocycles. The van der Waals surface area contributed by atoms with Crippen LogP contribution in [0.2, 0.25) is 0 Å². The van der Waals surface area contributed by atoms with E-state index in [0.29, 0.717) is 17.1 Å². The highest BCUT2D eigenvalue weighted by molar-refractivity contribution is 8.01. The number of allylic oxidation sites excluding steroid dienone is 7. The fourth-order valence-electron chi connectivity index (χ4n) is 7.29. The van der Waals surface area contributed by atoms with E-state index in [1.54, 1.807) is 33.4 Å². The minimum atomic E-state index is 0.0867. The quantitative estimate of drug-likeness (QED) is 0.402. The molecule has 1 heterocycles. The predicted octanol–water partition coefficient (Wildman–Crippen LogP) is 8.21. The lowest BCUT2D eigenvalue weighted by Gasteiger charge is -2.30. The Balaban J connectivity index is 1.43. The third-order valence-electron chi connectivity index (χ3n) is 9.00. The second-order valence-corrected chi connectivity index (χ2v) is 12.6. The number of hydrogen-bond acceptors (Lipinski definition) is 1. The molecule has 5 aliphatic rings. The van der Waals surface area contributed by atoms with Crippen LogP contribution in [0.5, 0.6) is 0 Å². The van der Waals surface area contributed by atoms with Crippen molar-refractivity contribution < 1.29 is 0 Å². The monoisotopic (exact) mass is 434 g/mol. The molecule has 32 heavy (non-hydrogen) atoms. The normalized spacial score (nSPS) is 29.5. The van der Waals surface area contributed by atoms with Crippen molar-refractivity contribution in [1.29, 1.82) is 0 Å². The van der Waals surface area contributed by atoms with Gasteiger partial charge in [-0.25, -0.2) is 0 Å². The summed E-state index contributed by atoms with van der Waals surface area (Å²) in [4.78, 5) is 1.45. The Morgan fingerprint density at radius 2 is 1.59 bits per heavy atom. The molecule has 0 nitrogen and oxygen atoms in total. The maximum Gasteiger partial charge on any atom is 0.0457 e. The average Bonchev–Trinajstić information content (AvgIpc) is 3.33. The zero-order chi connectivity index (χ0) is 22.0. The molecule has 0 bridgehead atoms. The molecule has 1 aliphatic heterocycles. The summed E-state index contributed by atoms with van der Waals surface area (Å²) in [7, 11) is 0. The summed E-state index contributed by atoms with van der Waals surface area (Å²) >= 11 is 2.09. The van der Waals surface area contributed by atoms with E-state index in [4.69, 9.17) is 0 Å². The van der Waals surface area contributed by atoms with Gasteiger partial charge in [-0.15, -0.1) is 11.8 Å². The van der Waals surface area contributed by atoms with Crippen molar-refractivity contribution >= 4 is 17.3 Å². The van der Waals surface area contributed by atoms with Gasteiger partial charge in [0, 0.05) is 32.8 Å². The number of benzene rings is 2. The summed E-state index contributed by atoms with van der Waals surface area (Å²) < 4.78 is 0. The molecule has 0 saturated heterocycles. The first-order valence-electron chi connectivity index (χ1n) is 12.0. The molecule has 2 aromatic rings. The first kappa shape index (κ1) is 19.2. The van der Waals surface area contributed by atoms with Crippen LogP contribution in [0, 0.1) is 0 Å². The number of fused-ring (bicyclic) bond motifs is 10. The lowest BCUT2D eigenvalue weighted by atomic mass is 9.76. The molecule has 4 aliphatic carbocycles. The molecule has 7 rings (SSSR count). The van der Waals surface area contributed by atoms with E-state index in [2.05, 4.69) is 107 Å². The van der Waals surface area contributed by atoms with Crippen molar-refractivity contribution in [3.63, 3.8) is 0 Å². The van der Waals surface area contributed by atoms with Gasteiger partial charge >= 0.3 is 0 Å². The van der Waals surface area contributed by atoms with E-state index in [-0.39, 0.29) is 10.8 Å². The Kier molecular flexibility index (Phi) is 3.61. The molecule has 0 radical (unpaired) electrons. The van der Waals surface area contributed by atoms with Gasteiger partial charge in [-0.2, -0.15) is 0 Å². The second kappa shape index (κ2) is 6.00. The second-order valence-electron chi connectivity index (χ2n) is 11.4. The van der Waals surface area contributed by atoms with Gasteiger partial charge in [0.1, 0.15) is 0 Å². The van der Waals surface area contributed by atoms with Crippen molar-refractivity contribution in [2.75, 3.05) is 0 Å². The van der Waals surface area contributed by atoms with Gasteiger partial charge in [-0.3, -0.25) is 0 Å². The Labute approximate surface area is 196 Å². The smallest absolute Gasteiger partial charge is 0.0457 e. The Morgan fingerprint density at radius 3 is 2.44 bits per heavy atom. The van der Waals surface area contributed by atoms with E-state index in [1.807, 2.05) is 0 Å². The maximum atomic E-state index is 2.64. The van der Waals surface area contributed by atoms with Crippen LogP contribution in [0.1, 0.15) is 80.7 Å². The summed E-state index contributed by atoms with van der Waals surface area (Å²) in [6.07, 6.45) is 11.0. The van der Waals surface area contributed by atoms with Crippen LogP contribution in [0.4, 0.5) is 0 Å². The Bertz CT molecular complexity index is 1340. The molecular weight excluding hydrogens is 404 g/mol. The molecule has 0 aromatic heterocycles. The number of thioether (sulfide) groups is 1. The van der Waals surface area contributed by atoms with Crippen molar-refractivity contribution in [2.24, 2.45) is 0 Å². The minimum Gasteiger partial charge on any atom is -0.116 e. The molecule has 3 atom stereocenters. The highest BCUT2D eigenvalue weighted by atomic mass is 32.2.